The Morgan fingerprint density at radius 3 is 2.12 bits per heavy atom. The minimum absolute atomic E-state index is 0.300. The Hall–Kier alpha value is -4.73. The first-order chi connectivity index (χ1) is 20.0. The van der Waals surface area contributed by atoms with Gasteiger partial charge in [-0.25, -0.2) is 0 Å². The zero-order valence-electron chi connectivity index (χ0n) is 23.5. The van der Waals surface area contributed by atoms with Gasteiger partial charge < -0.3 is 15.5 Å². The van der Waals surface area contributed by atoms with Crippen molar-refractivity contribution in [3.05, 3.63) is 128 Å². The molecule has 0 saturated carbocycles. The van der Waals surface area contributed by atoms with Gasteiger partial charge in [0.05, 0.1) is 11.3 Å². The molecule has 0 fully saturated rings. The van der Waals surface area contributed by atoms with Crippen LogP contribution in [0.4, 0.5) is 18.9 Å². The number of hydrogen-bond donors (Lipinski definition) is 2. The van der Waals surface area contributed by atoms with E-state index < -0.39 is 34.7 Å². The van der Waals surface area contributed by atoms with E-state index in [2.05, 4.69) is 26.9 Å². The zero-order valence-corrected chi connectivity index (χ0v) is 23.5. The average molecular weight is 580 g/mol. The first kappa shape index (κ1) is 31.8. The van der Waals surface area contributed by atoms with Crippen LogP contribution in [0.15, 0.2) is 82.1 Å². The molecule has 0 atom stereocenters. The van der Waals surface area contributed by atoms with Gasteiger partial charge in [0, 0.05) is 18.0 Å². The normalized spacial score (nSPS) is 10.9. The Morgan fingerprint density at radius 2 is 1.57 bits per heavy atom. The number of nitrogens with one attached hydrogen (secondary N) is 1. The van der Waals surface area contributed by atoms with E-state index in [-0.39, 0.29) is 5.76 Å². The molecule has 2 heterocycles. The predicted octanol–water partition coefficient (Wildman–Crippen LogP) is 6.31. The maximum Gasteiger partial charge on any atom is 0.449 e. The number of pyridine rings is 1. The van der Waals surface area contributed by atoms with Gasteiger partial charge in [-0.2, -0.15) is 13.2 Å². The Labute approximate surface area is 241 Å². The number of carbonyl (C=O) groups excluding carboxylic acids is 2. The van der Waals surface area contributed by atoms with Crippen LogP contribution in [0, 0.1) is 6.92 Å². The van der Waals surface area contributed by atoms with Crippen molar-refractivity contribution in [3.8, 4) is 0 Å². The number of halogens is 3. The molecular weight excluding hydrogens is 547 g/mol. The molecule has 10 heteroatoms. The molecule has 220 valence electrons. The van der Waals surface area contributed by atoms with E-state index in [4.69, 9.17) is 5.73 Å². The number of aromatic nitrogens is 1. The third-order valence-electron chi connectivity index (χ3n) is 6.52. The molecule has 4 rings (SSSR count). The summed E-state index contributed by atoms with van der Waals surface area (Å²) in [6.07, 6.45) is -0.203. The highest BCUT2D eigenvalue weighted by molar-refractivity contribution is 6.05. The van der Waals surface area contributed by atoms with Crippen LogP contribution in [0.25, 0.3) is 0 Å². The number of alkyl halides is 3. The number of rotatable bonds is 8. The average Bonchev–Trinajstić information content (AvgIpc) is 2.96. The summed E-state index contributed by atoms with van der Waals surface area (Å²) in [5.74, 6) is -2.99. The third kappa shape index (κ3) is 8.15. The maximum absolute atomic E-state index is 12.7. The summed E-state index contributed by atoms with van der Waals surface area (Å²) >= 11 is 0. The number of amides is 2. The number of nitrogens with zero attached hydrogens (tertiary/aromatic N) is 1. The maximum atomic E-state index is 12.7. The van der Waals surface area contributed by atoms with E-state index in [0.717, 1.165) is 36.6 Å². The van der Waals surface area contributed by atoms with Gasteiger partial charge >= 0.3 is 6.18 Å². The van der Waals surface area contributed by atoms with Gasteiger partial charge in [0.15, 0.2) is 5.43 Å². The lowest BCUT2D eigenvalue weighted by Gasteiger charge is -2.15. The number of anilines is 1. The molecular formula is C32H32F3N3O4. The molecule has 4 aromatic rings. The Kier molecular flexibility index (Phi) is 10.8. The number of benzene rings is 2. The lowest BCUT2D eigenvalue weighted by Crippen LogP contribution is -2.25. The van der Waals surface area contributed by atoms with E-state index in [1.54, 1.807) is 18.3 Å². The first-order valence-corrected chi connectivity index (χ1v) is 13.4. The molecule has 3 N–H and O–H groups in total. The summed E-state index contributed by atoms with van der Waals surface area (Å²) in [5.41, 5.74) is 8.70. The fourth-order valence-electron chi connectivity index (χ4n) is 4.37. The molecule has 0 spiro atoms. The van der Waals surface area contributed by atoms with Crippen LogP contribution >= 0.6 is 0 Å². The van der Waals surface area contributed by atoms with Crippen molar-refractivity contribution in [2.45, 2.75) is 52.6 Å². The summed E-state index contributed by atoms with van der Waals surface area (Å²) in [5, 5.41) is 2.66. The van der Waals surface area contributed by atoms with Crippen LogP contribution < -0.4 is 16.5 Å². The molecule has 0 aliphatic carbocycles. The van der Waals surface area contributed by atoms with Gasteiger partial charge in [-0.15, -0.1) is 0 Å². The van der Waals surface area contributed by atoms with E-state index in [0.29, 0.717) is 30.2 Å². The second kappa shape index (κ2) is 14.2. The van der Waals surface area contributed by atoms with Gasteiger partial charge in [0.25, 0.3) is 11.8 Å². The van der Waals surface area contributed by atoms with Crippen LogP contribution in [0.2, 0.25) is 0 Å². The van der Waals surface area contributed by atoms with Crippen molar-refractivity contribution in [2.24, 2.45) is 5.73 Å². The van der Waals surface area contributed by atoms with Gasteiger partial charge in [-0.3, -0.25) is 19.4 Å². The topological polar surface area (TPSA) is 115 Å². The van der Waals surface area contributed by atoms with Crippen LogP contribution in [0.3, 0.4) is 0 Å². The van der Waals surface area contributed by atoms with Gasteiger partial charge in [-0.1, -0.05) is 62.4 Å². The highest BCUT2D eigenvalue weighted by atomic mass is 19.4. The molecule has 0 saturated heterocycles. The lowest BCUT2D eigenvalue weighted by molar-refractivity contribution is -0.154. The molecule has 0 unspecified atom stereocenters. The summed E-state index contributed by atoms with van der Waals surface area (Å²) in [6.45, 7) is 5.00. The monoisotopic (exact) mass is 579 g/mol. The SMILES string of the molecule is CCc1cccc(CC)c1NC(=O)c1c(C)oc(C(F)(F)F)cc1=O.NC(=O)c1cccnc1CCc1ccccc1. The van der Waals surface area contributed by atoms with Crippen LogP contribution in [0.5, 0.6) is 0 Å². The number of hydrogen-bond acceptors (Lipinski definition) is 5. The van der Waals surface area contributed by atoms with Gasteiger partial charge in [0.2, 0.25) is 5.76 Å². The van der Waals surface area contributed by atoms with Crippen molar-refractivity contribution in [1.82, 2.24) is 4.98 Å². The van der Waals surface area contributed by atoms with E-state index in [9.17, 15) is 27.6 Å². The largest absolute Gasteiger partial charge is 0.456 e. The van der Waals surface area contributed by atoms with Gasteiger partial charge in [0.1, 0.15) is 11.3 Å². The van der Waals surface area contributed by atoms with Crippen LogP contribution in [-0.4, -0.2) is 16.8 Å². The fourth-order valence-corrected chi connectivity index (χ4v) is 4.37. The van der Waals surface area contributed by atoms with E-state index in [1.807, 2.05) is 50.2 Å². The minimum atomic E-state index is -4.79. The molecule has 0 aliphatic heterocycles. The molecule has 42 heavy (non-hydrogen) atoms. The molecule has 2 amide bonds. The van der Waals surface area contributed by atoms with Crippen LogP contribution in [0.1, 0.15) is 68.5 Å². The molecule has 0 radical (unpaired) electrons. The van der Waals surface area contributed by atoms with E-state index in [1.165, 1.54) is 5.56 Å². The second-order valence-electron chi connectivity index (χ2n) is 9.36. The standard InChI is InChI=1S/C18H18F3NO3.C14H14N2O/c1-4-11-7-6-8-12(5-2)16(11)22-17(24)15-10(3)25-14(9-13(15)23)18(19,20)21;15-14(17)12-7-4-10-16-13(12)9-8-11-5-2-1-3-6-11/h6-9H,4-5H2,1-3H3,(H,22,24);1-7,10H,8-9H2,(H2,15,17). The lowest BCUT2D eigenvalue weighted by atomic mass is 10.0. The summed E-state index contributed by atoms with van der Waals surface area (Å²) in [6, 6.07) is 19.4. The first-order valence-electron chi connectivity index (χ1n) is 13.4. The minimum Gasteiger partial charge on any atom is -0.456 e. The number of carbonyl (C=O) groups is 2. The van der Waals surface area contributed by atoms with Crippen molar-refractivity contribution in [2.75, 3.05) is 5.32 Å². The van der Waals surface area contributed by atoms with Crippen molar-refractivity contribution in [3.63, 3.8) is 0 Å². The Balaban J connectivity index is 0.000000247. The second-order valence-corrected chi connectivity index (χ2v) is 9.36. The highest BCUT2D eigenvalue weighted by Crippen LogP contribution is 2.29. The fraction of sp³-hybridized carbons (Fsp3) is 0.250. The van der Waals surface area contributed by atoms with Crippen LogP contribution in [-0.2, 0) is 31.9 Å². The molecule has 0 aliphatic rings. The molecule has 7 nitrogen and oxygen atoms in total. The number of aryl methyl sites for hydroxylation is 5. The number of primary amides is 1. The van der Waals surface area contributed by atoms with Crippen molar-refractivity contribution >= 4 is 17.5 Å². The third-order valence-corrected chi connectivity index (χ3v) is 6.52. The molecule has 2 aromatic carbocycles. The molecule has 2 aromatic heterocycles. The Morgan fingerprint density at radius 1 is 0.929 bits per heavy atom. The number of nitrogens with two attached hydrogens (primary N) is 1. The summed E-state index contributed by atoms with van der Waals surface area (Å²) in [7, 11) is 0. The van der Waals surface area contributed by atoms with E-state index >= 15 is 0 Å². The van der Waals surface area contributed by atoms with Crippen molar-refractivity contribution in [1.29, 1.82) is 0 Å². The van der Waals surface area contributed by atoms with Crippen molar-refractivity contribution < 1.29 is 27.2 Å². The predicted molar refractivity (Wildman–Crippen MR) is 154 cm³/mol. The smallest absolute Gasteiger partial charge is 0.449 e. The van der Waals surface area contributed by atoms with Gasteiger partial charge in [-0.05, 0) is 61.4 Å². The summed E-state index contributed by atoms with van der Waals surface area (Å²) < 4.78 is 42.7. The summed E-state index contributed by atoms with van der Waals surface area (Å²) in [4.78, 5) is 40.0. The highest BCUT2D eigenvalue weighted by Gasteiger charge is 2.36. The zero-order chi connectivity index (χ0) is 30.9. The number of para-hydroxylation sites is 1. The quantitative estimate of drug-likeness (QED) is 0.254. The Bertz CT molecular complexity index is 1580. The molecule has 0 bridgehead atoms.